The van der Waals surface area contributed by atoms with Crippen molar-refractivity contribution in [3.63, 3.8) is 0 Å². The fourth-order valence-electron chi connectivity index (χ4n) is 1.55. The largest absolute Gasteiger partial charge is 0.0874 e. The second-order valence-corrected chi connectivity index (χ2v) is 3.09. The standard InChI is InChI=1S/C12H22/c1-5-9-11(7-3)12(8-4)10-6-2/h5,9H,6-8,10H2,1-4H3. The minimum Gasteiger partial charge on any atom is -0.0874 e. The molecule has 0 heteroatoms. The van der Waals surface area contributed by atoms with Crippen molar-refractivity contribution in [3.8, 4) is 0 Å². The van der Waals surface area contributed by atoms with E-state index in [9.17, 15) is 0 Å². The topological polar surface area (TPSA) is 0 Å². The van der Waals surface area contributed by atoms with Gasteiger partial charge in [0.15, 0.2) is 0 Å². The van der Waals surface area contributed by atoms with Crippen LogP contribution >= 0.6 is 0 Å². The summed E-state index contributed by atoms with van der Waals surface area (Å²) in [7, 11) is 0. The van der Waals surface area contributed by atoms with Gasteiger partial charge in [-0.15, -0.1) is 0 Å². The van der Waals surface area contributed by atoms with Crippen LogP contribution in [0.3, 0.4) is 0 Å². The molecule has 0 aliphatic heterocycles. The molecule has 70 valence electrons. The number of hydrogen-bond donors (Lipinski definition) is 0. The third-order valence-electron chi connectivity index (χ3n) is 2.18. The van der Waals surface area contributed by atoms with Crippen molar-refractivity contribution < 1.29 is 0 Å². The lowest BCUT2D eigenvalue weighted by Crippen LogP contribution is -1.87. The van der Waals surface area contributed by atoms with E-state index in [4.69, 9.17) is 0 Å². The first-order valence-corrected chi connectivity index (χ1v) is 5.13. The summed E-state index contributed by atoms with van der Waals surface area (Å²) in [6, 6.07) is 0. The molecule has 0 amide bonds. The van der Waals surface area contributed by atoms with Crippen LogP contribution in [0, 0.1) is 0 Å². The van der Waals surface area contributed by atoms with E-state index in [-0.39, 0.29) is 0 Å². The summed E-state index contributed by atoms with van der Waals surface area (Å²) in [6.07, 6.45) is 9.32. The molecule has 0 aromatic heterocycles. The first-order chi connectivity index (χ1) is 5.79. The second kappa shape index (κ2) is 7.15. The zero-order chi connectivity index (χ0) is 9.40. The molecular weight excluding hydrogens is 144 g/mol. The van der Waals surface area contributed by atoms with Crippen LogP contribution in [0.1, 0.15) is 53.4 Å². The molecule has 0 saturated carbocycles. The molecule has 0 aromatic rings. The van der Waals surface area contributed by atoms with Gasteiger partial charge in [-0.3, -0.25) is 0 Å². The van der Waals surface area contributed by atoms with E-state index in [0.717, 1.165) is 0 Å². The van der Waals surface area contributed by atoms with Gasteiger partial charge in [0.1, 0.15) is 0 Å². The van der Waals surface area contributed by atoms with E-state index < -0.39 is 0 Å². The molecule has 0 bridgehead atoms. The Morgan fingerprint density at radius 2 is 1.75 bits per heavy atom. The minimum absolute atomic E-state index is 1.17. The molecule has 0 spiro atoms. The summed E-state index contributed by atoms with van der Waals surface area (Å²) >= 11 is 0. The van der Waals surface area contributed by atoms with Crippen molar-refractivity contribution in [1.29, 1.82) is 0 Å². The van der Waals surface area contributed by atoms with E-state index in [2.05, 4.69) is 39.8 Å². The zero-order valence-electron chi connectivity index (χ0n) is 8.98. The van der Waals surface area contributed by atoms with Gasteiger partial charge in [0.05, 0.1) is 0 Å². The first-order valence-electron chi connectivity index (χ1n) is 5.13. The molecule has 0 saturated heterocycles. The van der Waals surface area contributed by atoms with Gasteiger partial charge in [0, 0.05) is 0 Å². The van der Waals surface area contributed by atoms with Gasteiger partial charge < -0.3 is 0 Å². The first kappa shape index (κ1) is 11.5. The molecule has 0 heterocycles. The summed E-state index contributed by atoms with van der Waals surface area (Å²) in [5, 5.41) is 0. The van der Waals surface area contributed by atoms with Crippen molar-refractivity contribution in [2.45, 2.75) is 53.4 Å². The maximum Gasteiger partial charge on any atom is -0.0308 e. The van der Waals surface area contributed by atoms with Crippen LogP contribution < -0.4 is 0 Å². The minimum atomic E-state index is 1.17. The van der Waals surface area contributed by atoms with Crippen LogP contribution in [0.4, 0.5) is 0 Å². The molecule has 0 fully saturated rings. The Bertz CT molecular complexity index is 161. The zero-order valence-corrected chi connectivity index (χ0v) is 8.98. The molecule has 0 aromatic carbocycles. The average molecular weight is 166 g/mol. The maximum atomic E-state index is 2.26. The Morgan fingerprint density at radius 1 is 1.08 bits per heavy atom. The van der Waals surface area contributed by atoms with Crippen molar-refractivity contribution in [2.75, 3.05) is 0 Å². The van der Waals surface area contributed by atoms with E-state index in [1.807, 2.05) is 0 Å². The molecule has 12 heavy (non-hydrogen) atoms. The van der Waals surface area contributed by atoms with Crippen molar-refractivity contribution >= 4 is 0 Å². The molecular formula is C12H22. The molecule has 0 aliphatic rings. The average Bonchev–Trinajstić information content (AvgIpc) is 2.11. The van der Waals surface area contributed by atoms with Crippen molar-refractivity contribution in [3.05, 3.63) is 23.3 Å². The summed E-state index contributed by atoms with van der Waals surface area (Å²) in [6.45, 7) is 8.83. The molecule has 0 aliphatic carbocycles. The van der Waals surface area contributed by atoms with Crippen LogP contribution in [0.5, 0.6) is 0 Å². The molecule has 0 rings (SSSR count). The fraction of sp³-hybridized carbons (Fsp3) is 0.667. The monoisotopic (exact) mass is 166 g/mol. The van der Waals surface area contributed by atoms with Crippen LogP contribution in [-0.4, -0.2) is 0 Å². The third kappa shape index (κ3) is 3.75. The number of hydrogen-bond acceptors (Lipinski definition) is 0. The van der Waals surface area contributed by atoms with E-state index in [1.54, 1.807) is 11.1 Å². The Labute approximate surface area is 77.4 Å². The summed E-state index contributed by atoms with van der Waals surface area (Å²) in [4.78, 5) is 0. The lowest BCUT2D eigenvalue weighted by atomic mass is 9.99. The lowest BCUT2D eigenvalue weighted by Gasteiger charge is -2.07. The van der Waals surface area contributed by atoms with Gasteiger partial charge in [-0.2, -0.15) is 0 Å². The van der Waals surface area contributed by atoms with Gasteiger partial charge >= 0.3 is 0 Å². The maximum absolute atomic E-state index is 2.26. The molecule has 0 unspecified atom stereocenters. The SMILES string of the molecule is CC=CC(CC)=C(CC)CCC. The van der Waals surface area contributed by atoms with E-state index in [1.165, 1.54) is 25.7 Å². The number of rotatable bonds is 5. The Kier molecular flexibility index (Phi) is 6.84. The second-order valence-electron chi connectivity index (χ2n) is 3.09. The van der Waals surface area contributed by atoms with Crippen LogP contribution in [0.25, 0.3) is 0 Å². The summed E-state index contributed by atoms with van der Waals surface area (Å²) in [5.41, 5.74) is 3.18. The molecule has 0 N–H and O–H groups in total. The third-order valence-corrected chi connectivity index (χ3v) is 2.18. The van der Waals surface area contributed by atoms with Crippen molar-refractivity contribution in [1.82, 2.24) is 0 Å². The Hall–Kier alpha value is -0.520. The van der Waals surface area contributed by atoms with E-state index >= 15 is 0 Å². The van der Waals surface area contributed by atoms with Crippen molar-refractivity contribution in [2.24, 2.45) is 0 Å². The highest BCUT2D eigenvalue weighted by Crippen LogP contribution is 2.18. The van der Waals surface area contributed by atoms with Gasteiger partial charge in [0.25, 0.3) is 0 Å². The molecule has 0 atom stereocenters. The smallest absolute Gasteiger partial charge is 0.0308 e. The van der Waals surface area contributed by atoms with Crippen LogP contribution in [-0.2, 0) is 0 Å². The van der Waals surface area contributed by atoms with Gasteiger partial charge in [-0.05, 0) is 31.8 Å². The van der Waals surface area contributed by atoms with Gasteiger partial charge in [0.2, 0.25) is 0 Å². The van der Waals surface area contributed by atoms with Crippen LogP contribution in [0.15, 0.2) is 23.3 Å². The lowest BCUT2D eigenvalue weighted by molar-refractivity contribution is 0.836. The Balaban J connectivity index is 4.48. The van der Waals surface area contributed by atoms with Gasteiger partial charge in [-0.25, -0.2) is 0 Å². The quantitative estimate of drug-likeness (QED) is 0.528. The van der Waals surface area contributed by atoms with Gasteiger partial charge in [-0.1, -0.05) is 44.9 Å². The highest BCUT2D eigenvalue weighted by atomic mass is 14.0. The predicted molar refractivity (Wildman–Crippen MR) is 57.3 cm³/mol. The van der Waals surface area contributed by atoms with E-state index in [0.29, 0.717) is 0 Å². The molecule has 0 nitrogen and oxygen atoms in total. The highest BCUT2D eigenvalue weighted by Gasteiger charge is 1.98. The Morgan fingerprint density at radius 3 is 2.08 bits per heavy atom. The normalized spacial score (nSPS) is 13.7. The van der Waals surface area contributed by atoms with Crippen LogP contribution in [0.2, 0.25) is 0 Å². The number of allylic oxidation sites excluding steroid dienone is 4. The highest BCUT2D eigenvalue weighted by molar-refractivity contribution is 5.25. The molecule has 0 radical (unpaired) electrons. The fourth-order valence-corrected chi connectivity index (χ4v) is 1.55. The summed E-state index contributed by atoms with van der Waals surface area (Å²) in [5.74, 6) is 0. The predicted octanol–water partition coefficient (Wildman–Crippen LogP) is 4.48. The summed E-state index contributed by atoms with van der Waals surface area (Å²) < 4.78 is 0.